The fourth-order valence-electron chi connectivity index (χ4n) is 2.09. The maximum atomic E-state index is 13.2. The lowest BCUT2D eigenvalue weighted by Gasteiger charge is -2.19. The van der Waals surface area contributed by atoms with Crippen LogP contribution in [0.15, 0.2) is 78.9 Å². The molecule has 0 fully saturated rings. The minimum absolute atomic E-state index is 0.120. The number of rotatable bonds is 6. The molecule has 0 bridgehead atoms. The van der Waals surface area contributed by atoms with Crippen molar-refractivity contribution < 1.29 is 23.2 Å². The highest BCUT2D eigenvalue weighted by atomic mass is 31.2. The summed E-state index contributed by atoms with van der Waals surface area (Å²) in [5.41, 5.74) is 0.587. The molecule has 0 aliphatic heterocycles. The van der Waals surface area contributed by atoms with Crippen LogP contribution in [0.1, 0.15) is 5.56 Å². The highest BCUT2D eigenvalue weighted by Crippen LogP contribution is 2.50. The number of para-hydroxylation sites is 2. The number of aromatic hydroxyl groups is 1. The number of phosphoric ester groups is 1. The van der Waals surface area contributed by atoms with Crippen LogP contribution in [0, 0.1) is 6.92 Å². The summed E-state index contributed by atoms with van der Waals surface area (Å²) < 4.78 is 29.8. The number of benzene rings is 3. The van der Waals surface area contributed by atoms with E-state index in [0.717, 1.165) is 0 Å². The Labute approximate surface area is 146 Å². The highest BCUT2D eigenvalue weighted by molar-refractivity contribution is 7.49. The van der Waals surface area contributed by atoms with Crippen LogP contribution in [0.25, 0.3) is 0 Å². The summed E-state index contributed by atoms with van der Waals surface area (Å²) in [7, 11) is -4.00. The molecule has 0 radical (unpaired) electrons. The third-order valence-corrected chi connectivity index (χ3v) is 4.61. The zero-order chi connectivity index (χ0) is 17.7. The summed E-state index contributed by atoms with van der Waals surface area (Å²) in [4.78, 5) is 0. The number of aryl methyl sites for hydroxylation is 1. The van der Waals surface area contributed by atoms with Crippen molar-refractivity contribution in [2.24, 2.45) is 0 Å². The highest BCUT2D eigenvalue weighted by Gasteiger charge is 2.33. The average molecular weight is 356 g/mol. The molecule has 128 valence electrons. The first kappa shape index (κ1) is 16.9. The molecule has 0 saturated heterocycles. The van der Waals surface area contributed by atoms with E-state index in [2.05, 4.69) is 0 Å². The van der Waals surface area contributed by atoms with E-state index < -0.39 is 7.82 Å². The minimum Gasteiger partial charge on any atom is -0.508 e. The van der Waals surface area contributed by atoms with Crippen molar-refractivity contribution in [3.63, 3.8) is 0 Å². The van der Waals surface area contributed by atoms with Crippen LogP contribution >= 0.6 is 7.82 Å². The van der Waals surface area contributed by atoms with Crippen LogP contribution in [-0.2, 0) is 4.57 Å². The lowest BCUT2D eigenvalue weighted by Crippen LogP contribution is -2.07. The van der Waals surface area contributed by atoms with Gasteiger partial charge in [0, 0.05) is 0 Å². The molecular weight excluding hydrogens is 339 g/mol. The zero-order valence-electron chi connectivity index (χ0n) is 13.5. The molecule has 5 nitrogen and oxygen atoms in total. The van der Waals surface area contributed by atoms with Crippen molar-refractivity contribution in [3.8, 4) is 23.0 Å². The largest absolute Gasteiger partial charge is 0.647 e. The van der Waals surface area contributed by atoms with Crippen LogP contribution in [0.3, 0.4) is 0 Å². The number of phenolic OH excluding ortho intramolecular Hbond substituents is 1. The van der Waals surface area contributed by atoms with Gasteiger partial charge in [0.25, 0.3) is 0 Å². The van der Waals surface area contributed by atoms with Crippen LogP contribution in [0.2, 0.25) is 0 Å². The Kier molecular flexibility index (Phi) is 4.96. The molecular formula is C19H17O5P. The molecule has 0 atom stereocenters. The second-order valence-electron chi connectivity index (χ2n) is 5.30. The standard InChI is InChI=1S/C19H17O5P/c1-15-14-18(12-13-19(15)20)24-25(21,22-16-8-4-2-5-9-16)23-17-10-6-3-7-11-17/h2-14,20H,1H3. The van der Waals surface area contributed by atoms with Gasteiger partial charge in [-0.25, -0.2) is 0 Å². The topological polar surface area (TPSA) is 65.0 Å². The Morgan fingerprint density at radius 1 is 0.720 bits per heavy atom. The molecule has 0 heterocycles. The maximum absolute atomic E-state index is 13.2. The second-order valence-corrected chi connectivity index (χ2v) is 6.74. The van der Waals surface area contributed by atoms with Gasteiger partial charge in [-0.1, -0.05) is 36.4 Å². The Hall–Kier alpha value is -2.91. The number of phosphoric acid groups is 1. The van der Waals surface area contributed by atoms with E-state index in [1.807, 2.05) is 12.1 Å². The fraction of sp³-hybridized carbons (Fsp3) is 0.0526. The molecule has 6 heteroatoms. The molecule has 0 aliphatic carbocycles. The van der Waals surface area contributed by atoms with Gasteiger partial charge in [-0.2, -0.15) is 4.57 Å². The van der Waals surface area contributed by atoms with Gasteiger partial charge < -0.3 is 18.7 Å². The lowest BCUT2D eigenvalue weighted by atomic mass is 10.2. The van der Waals surface area contributed by atoms with Crippen LogP contribution in [0.4, 0.5) is 0 Å². The Morgan fingerprint density at radius 2 is 1.20 bits per heavy atom. The van der Waals surface area contributed by atoms with Gasteiger partial charge in [0.05, 0.1) is 0 Å². The lowest BCUT2D eigenvalue weighted by molar-refractivity contribution is 0.298. The first-order chi connectivity index (χ1) is 12.0. The molecule has 0 unspecified atom stereocenters. The molecule has 0 aliphatic rings. The van der Waals surface area contributed by atoms with Crippen LogP contribution < -0.4 is 13.6 Å². The number of hydrogen-bond donors (Lipinski definition) is 1. The number of hydrogen-bond acceptors (Lipinski definition) is 5. The van der Waals surface area contributed by atoms with Crippen LogP contribution in [0.5, 0.6) is 23.0 Å². The smallest absolute Gasteiger partial charge is 0.508 e. The summed E-state index contributed by atoms with van der Waals surface area (Å²) >= 11 is 0. The van der Waals surface area contributed by atoms with Gasteiger partial charge in [-0.3, -0.25) is 0 Å². The predicted octanol–water partition coefficient (Wildman–Crippen LogP) is 5.35. The van der Waals surface area contributed by atoms with Gasteiger partial charge in [0.2, 0.25) is 0 Å². The third-order valence-electron chi connectivity index (χ3n) is 3.31. The van der Waals surface area contributed by atoms with Crippen molar-refractivity contribution >= 4 is 7.82 Å². The molecule has 3 aromatic rings. The normalized spacial score (nSPS) is 10.9. The predicted molar refractivity (Wildman–Crippen MR) is 95.2 cm³/mol. The molecule has 0 amide bonds. The van der Waals surface area contributed by atoms with E-state index in [0.29, 0.717) is 17.1 Å². The Balaban J connectivity index is 1.90. The average Bonchev–Trinajstić information content (AvgIpc) is 2.60. The summed E-state index contributed by atoms with van der Waals surface area (Å²) in [6, 6.07) is 21.8. The molecule has 0 aromatic heterocycles. The van der Waals surface area contributed by atoms with Gasteiger partial charge in [-0.15, -0.1) is 0 Å². The molecule has 25 heavy (non-hydrogen) atoms. The van der Waals surface area contributed by atoms with Gasteiger partial charge in [0.15, 0.2) is 0 Å². The van der Waals surface area contributed by atoms with Gasteiger partial charge in [-0.05, 0) is 55.0 Å². The SMILES string of the molecule is Cc1cc(OP(=O)(Oc2ccccc2)Oc2ccccc2)ccc1O. The first-order valence-electron chi connectivity index (χ1n) is 7.63. The molecule has 3 rings (SSSR count). The quantitative estimate of drug-likeness (QED) is 0.604. The fourth-order valence-corrected chi connectivity index (χ4v) is 3.33. The van der Waals surface area contributed by atoms with Crippen LogP contribution in [-0.4, -0.2) is 5.11 Å². The molecule has 0 saturated carbocycles. The summed E-state index contributed by atoms with van der Waals surface area (Å²) in [5, 5.41) is 9.63. The van der Waals surface area contributed by atoms with Crippen molar-refractivity contribution in [1.29, 1.82) is 0 Å². The van der Waals surface area contributed by atoms with Crippen molar-refractivity contribution in [3.05, 3.63) is 84.4 Å². The molecule has 3 aromatic carbocycles. The van der Waals surface area contributed by atoms with Gasteiger partial charge >= 0.3 is 7.82 Å². The van der Waals surface area contributed by atoms with E-state index in [9.17, 15) is 9.67 Å². The van der Waals surface area contributed by atoms with Crippen molar-refractivity contribution in [1.82, 2.24) is 0 Å². The monoisotopic (exact) mass is 356 g/mol. The molecule has 0 spiro atoms. The Morgan fingerprint density at radius 3 is 1.68 bits per heavy atom. The summed E-state index contributed by atoms with van der Waals surface area (Å²) in [5.74, 6) is 1.11. The van der Waals surface area contributed by atoms with E-state index >= 15 is 0 Å². The number of phenols is 1. The van der Waals surface area contributed by atoms with Crippen molar-refractivity contribution in [2.45, 2.75) is 6.92 Å². The summed E-state index contributed by atoms with van der Waals surface area (Å²) in [6.07, 6.45) is 0. The first-order valence-corrected chi connectivity index (χ1v) is 9.09. The molecule has 1 N–H and O–H groups in total. The second kappa shape index (κ2) is 7.32. The van der Waals surface area contributed by atoms with E-state index in [-0.39, 0.29) is 11.5 Å². The van der Waals surface area contributed by atoms with E-state index in [1.54, 1.807) is 61.5 Å². The maximum Gasteiger partial charge on any atom is 0.647 e. The van der Waals surface area contributed by atoms with E-state index in [1.165, 1.54) is 12.1 Å². The summed E-state index contributed by atoms with van der Waals surface area (Å²) in [6.45, 7) is 1.71. The van der Waals surface area contributed by atoms with E-state index in [4.69, 9.17) is 13.6 Å². The van der Waals surface area contributed by atoms with Crippen molar-refractivity contribution in [2.75, 3.05) is 0 Å². The Bertz CT molecular complexity index is 835. The minimum atomic E-state index is -4.00. The zero-order valence-corrected chi connectivity index (χ0v) is 14.4. The van der Waals surface area contributed by atoms with Gasteiger partial charge in [0.1, 0.15) is 23.0 Å². The third kappa shape index (κ3) is 4.55.